The molecule has 0 N–H and O–H groups in total. The molecule has 0 spiro atoms. The van der Waals surface area contributed by atoms with Gasteiger partial charge in [-0.05, 0) is 55.5 Å². The van der Waals surface area contributed by atoms with Crippen LogP contribution in [0.2, 0.25) is 0 Å². The van der Waals surface area contributed by atoms with Crippen molar-refractivity contribution in [2.45, 2.75) is 13.0 Å². The van der Waals surface area contributed by atoms with Crippen molar-refractivity contribution in [1.29, 1.82) is 0 Å². The van der Waals surface area contributed by atoms with Crippen LogP contribution in [-0.4, -0.2) is 15.3 Å². The van der Waals surface area contributed by atoms with Crippen LogP contribution < -0.4 is 5.56 Å². The van der Waals surface area contributed by atoms with Crippen LogP contribution in [-0.2, 0) is 0 Å². The molecule has 0 aliphatic heterocycles. The number of hydrogen-bond acceptors (Lipinski definition) is 3. The molecule has 0 radical (unpaired) electrons. The van der Waals surface area contributed by atoms with Gasteiger partial charge >= 0.3 is 0 Å². The minimum Gasteiger partial charge on any atom is -0.292 e. The fourth-order valence-electron chi connectivity index (χ4n) is 2.46. The van der Waals surface area contributed by atoms with Crippen LogP contribution in [0.25, 0.3) is 11.3 Å². The van der Waals surface area contributed by atoms with Crippen LogP contribution >= 0.6 is 0 Å². The summed E-state index contributed by atoms with van der Waals surface area (Å²) in [7, 11) is 0. The summed E-state index contributed by atoms with van der Waals surface area (Å²) in [6.45, 7) is 1.58. The van der Waals surface area contributed by atoms with Crippen molar-refractivity contribution in [3.05, 3.63) is 88.5 Å². The molecule has 1 atom stereocenters. The summed E-state index contributed by atoms with van der Waals surface area (Å²) < 4.78 is 27.2. The van der Waals surface area contributed by atoms with E-state index in [1.165, 1.54) is 65.5 Å². The van der Waals surface area contributed by atoms with Gasteiger partial charge in [0.2, 0.25) is 0 Å². The molecule has 0 aliphatic carbocycles. The highest BCUT2D eigenvalue weighted by atomic mass is 19.1. The van der Waals surface area contributed by atoms with Crippen LogP contribution in [0.1, 0.15) is 23.3 Å². The number of rotatable bonds is 4. The van der Waals surface area contributed by atoms with Crippen LogP contribution in [0, 0.1) is 11.6 Å². The van der Waals surface area contributed by atoms with Crippen LogP contribution in [0.3, 0.4) is 0 Å². The Morgan fingerprint density at radius 2 is 1.56 bits per heavy atom. The van der Waals surface area contributed by atoms with E-state index in [-0.39, 0.29) is 11.6 Å². The lowest BCUT2D eigenvalue weighted by atomic mass is 10.1. The zero-order valence-electron chi connectivity index (χ0n) is 13.3. The smallest absolute Gasteiger partial charge is 0.254 e. The predicted molar refractivity (Wildman–Crippen MR) is 89.3 cm³/mol. The van der Waals surface area contributed by atoms with Crippen molar-refractivity contribution >= 4 is 5.78 Å². The average Bonchev–Trinajstić information content (AvgIpc) is 2.62. The maximum absolute atomic E-state index is 13.0. The van der Waals surface area contributed by atoms with Crippen molar-refractivity contribution in [3.63, 3.8) is 0 Å². The van der Waals surface area contributed by atoms with Crippen molar-refractivity contribution < 1.29 is 13.6 Å². The Labute approximate surface area is 142 Å². The third-order valence-electron chi connectivity index (χ3n) is 3.90. The second kappa shape index (κ2) is 6.76. The first-order valence-corrected chi connectivity index (χ1v) is 7.59. The number of halogens is 2. The molecule has 3 aromatic rings. The summed E-state index contributed by atoms with van der Waals surface area (Å²) >= 11 is 0. The fraction of sp³-hybridized carbons (Fsp3) is 0.105. The first kappa shape index (κ1) is 16.7. The van der Waals surface area contributed by atoms with Gasteiger partial charge in [0.25, 0.3) is 5.56 Å². The Morgan fingerprint density at radius 1 is 1.00 bits per heavy atom. The molecule has 0 fully saturated rings. The van der Waals surface area contributed by atoms with Gasteiger partial charge in [-0.25, -0.2) is 13.8 Å². The molecule has 0 saturated carbocycles. The molecule has 25 heavy (non-hydrogen) atoms. The number of carbonyl (C=O) groups is 1. The topological polar surface area (TPSA) is 52.0 Å². The summed E-state index contributed by atoms with van der Waals surface area (Å²) in [5.74, 6) is -1.14. The first-order valence-electron chi connectivity index (χ1n) is 7.59. The van der Waals surface area contributed by atoms with E-state index in [0.717, 1.165) is 0 Å². The number of ketones is 1. The monoisotopic (exact) mass is 340 g/mol. The van der Waals surface area contributed by atoms with E-state index in [1.807, 2.05) is 0 Å². The van der Waals surface area contributed by atoms with Crippen LogP contribution in [0.4, 0.5) is 8.78 Å². The Hall–Kier alpha value is -3.15. The Bertz CT molecular complexity index is 964. The lowest BCUT2D eigenvalue weighted by molar-refractivity contribution is 0.0932. The molecule has 0 bridgehead atoms. The number of nitrogens with zero attached hydrogens (tertiary/aromatic N) is 2. The number of hydrogen-bond donors (Lipinski definition) is 0. The SMILES string of the molecule is C[C@H](C(=O)c1ccc(F)cc1)n1cnc(-c2ccc(F)cc2)cc1=O. The minimum absolute atomic E-state index is 0.309. The quantitative estimate of drug-likeness (QED) is 0.682. The van der Waals surface area contributed by atoms with Crippen molar-refractivity contribution in [2.75, 3.05) is 0 Å². The second-order valence-corrected chi connectivity index (χ2v) is 5.57. The van der Waals surface area contributed by atoms with E-state index in [1.54, 1.807) is 6.92 Å². The molecule has 0 amide bonds. The van der Waals surface area contributed by atoms with E-state index < -0.39 is 17.4 Å². The number of aromatic nitrogens is 2. The molecule has 3 rings (SSSR count). The normalized spacial score (nSPS) is 12.0. The highest BCUT2D eigenvalue weighted by Crippen LogP contribution is 2.17. The molecule has 2 aromatic carbocycles. The summed E-state index contributed by atoms with van der Waals surface area (Å²) in [6.07, 6.45) is 1.28. The van der Waals surface area contributed by atoms with Gasteiger partial charge in [-0.3, -0.25) is 14.2 Å². The van der Waals surface area contributed by atoms with Gasteiger partial charge in [-0.1, -0.05) is 0 Å². The van der Waals surface area contributed by atoms with Gasteiger partial charge < -0.3 is 0 Å². The summed E-state index contributed by atoms with van der Waals surface area (Å²) in [5, 5.41) is 0. The standard InChI is InChI=1S/C19H14F2N2O2/c1-12(19(25)14-4-8-16(21)9-5-14)23-11-22-17(10-18(23)24)13-2-6-15(20)7-3-13/h2-12H,1H3/t12-/m1/s1. The lowest BCUT2D eigenvalue weighted by Crippen LogP contribution is -2.28. The van der Waals surface area contributed by atoms with Crippen molar-refractivity contribution in [3.8, 4) is 11.3 Å². The Kier molecular flexibility index (Phi) is 4.52. The van der Waals surface area contributed by atoms with Crippen molar-refractivity contribution in [2.24, 2.45) is 0 Å². The van der Waals surface area contributed by atoms with Gasteiger partial charge in [-0.2, -0.15) is 0 Å². The maximum Gasteiger partial charge on any atom is 0.254 e. The fourth-order valence-corrected chi connectivity index (χ4v) is 2.46. The highest BCUT2D eigenvalue weighted by Gasteiger charge is 2.18. The molecule has 4 nitrogen and oxygen atoms in total. The number of Topliss-reactive ketones (excluding diaryl/α,β-unsaturated/α-hetero) is 1. The molecule has 126 valence electrons. The molecule has 1 heterocycles. The zero-order chi connectivity index (χ0) is 18.0. The lowest BCUT2D eigenvalue weighted by Gasteiger charge is -2.14. The first-order chi connectivity index (χ1) is 12.0. The Morgan fingerprint density at radius 3 is 2.12 bits per heavy atom. The third-order valence-corrected chi connectivity index (χ3v) is 3.90. The highest BCUT2D eigenvalue weighted by molar-refractivity contribution is 5.98. The van der Waals surface area contributed by atoms with E-state index in [9.17, 15) is 18.4 Å². The predicted octanol–water partition coefficient (Wildman–Crippen LogP) is 3.63. The second-order valence-electron chi connectivity index (χ2n) is 5.57. The van der Waals surface area contributed by atoms with Crippen LogP contribution in [0.5, 0.6) is 0 Å². The van der Waals surface area contributed by atoms with Gasteiger partial charge in [0, 0.05) is 17.2 Å². The van der Waals surface area contributed by atoms with Gasteiger partial charge in [0.1, 0.15) is 11.6 Å². The largest absolute Gasteiger partial charge is 0.292 e. The Balaban J connectivity index is 1.90. The molecular formula is C19H14F2N2O2. The molecule has 0 saturated heterocycles. The van der Waals surface area contributed by atoms with E-state index >= 15 is 0 Å². The molecular weight excluding hydrogens is 326 g/mol. The summed E-state index contributed by atoms with van der Waals surface area (Å²) in [4.78, 5) is 29.0. The number of benzene rings is 2. The van der Waals surface area contributed by atoms with Gasteiger partial charge in [0.15, 0.2) is 5.78 Å². The van der Waals surface area contributed by atoms with Gasteiger partial charge in [0.05, 0.1) is 18.1 Å². The van der Waals surface area contributed by atoms with E-state index in [4.69, 9.17) is 0 Å². The molecule has 1 aromatic heterocycles. The van der Waals surface area contributed by atoms with Gasteiger partial charge in [-0.15, -0.1) is 0 Å². The molecule has 0 unspecified atom stereocenters. The minimum atomic E-state index is -0.785. The molecule has 6 heteroatoms. The maximum atomic E-state index is 13.0. The van der Waals surface area contributed by atoms with E-state index in [2.05, 4.69) is 4.98 Å². The molecule has 0 aliphatic rings. The average molecular weight is 340 g/mol. The summed E-state index contributed by atoms with van der Waals surface area (Å²) in [6, 6.07) is 11.3. The van der Waals surface area contributed by atoms with Crippen LogP contribution in [0.15, 0.2) is 65.7 Å². The summed E-state index contributed by atoms with van der Waals surface area (Å²) in [5.41, 5.74) is 0.895. The van der Waals surface area contributed by atoms with Crippen molar-refractivity contribution in [1.82, 2.24) is 9.55 Å². The number of carbonyl (C=O) groups excluding carboxylic acids is 1. The third kappa shape index (κ3) is 3.52. The zero-order valence-corrected chi connectivity index (χ0v) is 13.3. The van der Waals surface area contributed by atoms with E-state index in [0.29, 0.717) is 16.8 Å².